The lowest BCUT2D eigenvalue weighted by molar-refractivity contribution is 0.247. The molecule has 1 aromatic carbocycles. The lowest BCUT2D eigenvalue weighted by Crippen LogP contribution is -2.31. The number of hydrogen-bond acceptors (Lipinski definition) is 2. The summed E-state index contributed by atoms with van der Waals surface area (Å²) in [5.41, 5.74) is 5.65. The Kier molecular flexibility index (Phi) is 4.12. The van der Waals surface area contributed by atoms with Crippen LogP contribution in [0.2, 0.25) is 0 Å². The van der Waals surface area contributed by atoms with Crippen LogP contribution >= 0.6 is 0 Å². The first-order chi connectivity index (χ1) is 11.4. The molecule has 1 aliphatic heterocycles. The van der Waals surface area contributed by atoms with Crippen molar-refractivity contribution in [3.63, 3.8) is 0 Å². The Labute approximate surface area is 137 Å². The Morgan fingerprint density at radius 3 is 2.83 bits per heavy atom. The smallest absolute Gasteiger partial charge is 0.0459 e. The summed E-state index contributed by atoms with van der Waals surface area (Å²) in [6.07, 6.45) is 8.62. The van der Waals surface area contributed by atoms with Crippen molar-refractivity contribution >= 4 is 10.9 Å². The third-order valence-corrected chi connectivity index (χ3v) is 4.90. The lowest BCUT2D eigenvalue weighted by Gasteiger charge is -2.26. The quantitative estimate of drug-likeness (QED) is 0.724. The molecule has 0 spiro atoms. The molecule has 2 aromatic heterocycles. The molecule has 23 heavy (non-hydrogen) atoms. The van der Waals surface area contributed by atoms with Gasteiger partial charge in [0.15, 0.2) is 0 Å². The average molecular weight is 305 g/mol. The molecule has 0 atom stereocenters. The largest absolute Gasteiger partial charge is 0.357 e. The van der Waals surface area contributed by atoms with Crippen LogP contribution in [0.25, 0.3) is 10.9 Å². The minimum absolute atomic E-state index is 1.07. The predicted octanol–water partition coefficient (Wildman–Crippen LogP) is 3.94. The zero-order valence-corrected chi connectivity index (χ0v) is 13.5. The first kappa shape index (κ1) is 14.5. The highest BCUT2D eigenvalue weighted by atomic mass is 15.1. The molecule has 3 nitrogen and oxygen atoms in total. The molecule has 118 valence electrons. The van der Waals surface area contributed by atoms with E-state index >= 15 is 0 Å². The van der Waals surface area contributed by atoms with Crippen molar-refractivity contribution in [3.05, 3.63) is 65.6 Å². The van der Waals surface area contributed by atoms with E-state index in [2.05, 4.69) is 51.3 Å². The number of aryl methyl sites for hydroxylation is 1. The maximum Gasteiger partial charge on any atom is 0.0459 e. The van der Waals surface area contributed by atoms with Crippen LogP contribution in [0.3, 0.4) is 0 Å². The fourth-order valence-corrected chi connectivity index (χ4v) is 3.65. The van der Waals surface area contributed by atoms with E-state index in [1.807, 2.05) is 12.4 Å². The molecule has 0 saturated heterocycles. The van der Waals surface area contributed by atoms with Crippen LogP contribution in [-0.4, -0.2) is 28.0 Å². The van der Waals surface area contributed by atoms with Gasteiger partial charge in [-0.25, -0.2) is 0 Å². The Morgan fingerprint density at radius 2 is 1.91 bits per heavy atom. The van der Waals surface area contributed by atoms with Crippen molar-refractivity contribution in [2.24, 2.45) is 0 Å². The number of para-hydroxylation sites is 1. The number of rotatable bonds is 5. The number of benzene rings is 1. The number of pyridine rings is 1. The number of unbranched alkanes of at least 4 members (excludes halogenated alkanes) is 1. The minimum atomic E-state index is 1.07. The second-order valence-corrected chi connectivity index (χ2v) is 6.47. The zero-order chi connectivity index (χ0) is 15.5. The van der Waals surface area contributed by atoms with E-state index in [0.29, 0.717) is 0 Å². The molecule has 0 saturated carbocycles. The van der Waals surface area contributed by atoms with Crippen LogP contribution < -0.4 is 0 Å². The summed E-state index contributed by atoms with van der Waals surface area (Å²) < 4.78 is 0. The van der Waals surface area contributed by atoms with Gasteiger partial charge in [-0.1, -0.05) is 18.2 Å². The van der Waals surface area contributed by atoms with Gasteiger partial charge < -0.3 is 4.98 Å². The zero-order valence-electron chi connectivity index (χ0n) is 13.5. The summed E-state index contributed by atoms with van der Waals surface area (Å²) in [5.74, 6) is 0. The van der Waals surface area contributed by atoms with Crippen LogP contribution in [0, 0.1) is 0 Å². The SMILES string of the molecule is c1ccc2c3c([nH]c2c1)CN(CCCCc1ccncc1)CC3. The number of H-pyrrole nitrogens is 1. The Balaban J connectivity index is 1.32. The fraction of sp³-hybridized carbons (Fsp3) is 0.350. The summed E-state index contributed by atoms with van der Waals surface area (Å²) >= 11 is 0. The normalized spacial score (nSPS) is 15.0. The van der Waals surface area contributed by atoms with Gasteiger partial charge in [0, 0.05) is 42.1 Å². The summed E-state index contributed by atoms with van der Waals surface area (Å²) in [7, 11) is 0. The molecule has 4 rings (SSSR count). The van der Waals surface area contributed by atoms with Gasteiger partial charge in [-0.2, -0.15) is 0 Å². The second-order valence-electron chi connectivity index (χ2n) is 6.47. The van der Waals surface area contributed by atoms with Crippen LogP contribution in [0.5, 0.6) is 0 Å². The summed E-state index contributed by atoms with van der Waals surface area (Å²) in [5, 5.41) is 1.42. The first-order valence-electron chi connectivity index (χ1n) is 8.60. The van der Waals surface area contributed by atoms with E-state index in [4.69, 9.17) is 0 Å². The van der Waals surface area contributed by atoms with Crippen LogP contribution in [0.4, 0.5) is 0 Å². The Morgan fingerprint density at radius 1 is 1.04 bits per heavy atom. The van der Waals surface area contributed by atoms with Crippen molar-refractivity contribution < 1.29 is 0 Å². The molecule has 3 heteroatoms. The molecule has 1 N–H and O–H groups in total. The minimum Gasteiger partial charge on any atom is -0.357 e. The number of hydrogen-bond donors (Lipinski definition) is 1. The van der Waals surface area contributed by atoms with Gasteiger partial charge >= 0.3 is 0 Å². The van der Waals surface area contributed by atoms with Crippen molar-refractivity contribution in [2.45, 2.75) is 32.2 Å². The van der Waals surface area contributed by atoms with Gasteiger partial charge in [0.1, 0.15) is 0 Å². The third kappa shape index (κ3) is 3.15. The van der Waals surface area contributed by atoms with Gasteiger partial charge in [0.05, 0.1) is 0 Å². The number of fused-ring (bicyclic) bond motifs is 3. The van der Waals surface area contributed by atoms with Gasteiger partial charge in [0.2, 0.25) is 0 Å². The molecular weight excluding hydrogens is 282 g/mol. The molecule has 0 bridgehead atoms. The molecule has 0 aliphatic carbocycles. The van der Waals surface area contributed by atoms with Gasteiger partial charge in [-0.05, 0) is 61.6 Å². The molecule has 1 aliphatic rings. The molecular formula is C20H23N3. The number of aromatic nitrogens is 2. The molecule has 0 unspecified atom stereocenters. The second kappa shape index (κ2) is 6.55. The van der Waals surface area contributed by atoms with E-state index in [0.717, 1.165) is 13.0 Å². The van der Waals surface area contributed by atoms with Crippen molar-refractivity contribution in [2.75, 3.05) is 13.1 Å². The van der Waals surface area contributed by atoms with Gasteiger partial charge in [-0.15, -0.1) is 0 Å². The molecule has 3 heterocycles. The van der Waals surface area contributed by atoms with Gasteiger partial charge in [0.25, 0.3) is 0 Å². The van der Waals surface area contributed by atoms with Gasteiger partial charge in [-0.3, -0.25) is 9.88 Å². The number of aromatic amines is 1. The summed E-state index contributed by atoms with van der Waals surface area (Å²) in [6.45, 7) is 3.45. The number of nitrogens with zero attached hydrogens (tertiary/aromatic N) is 2. The van der Waals surface area contributed by atoms with Crippen molar-refractivity contribution in [1.82, 2.24) is 14.9 Å². The van der Waals surface area contributed by atoms with E-state index in [-0.39, 0.29) is 0 Å². The van der Waals surface area contributed by atoms with Crippen molar-refractivity contribution in [3.8, 4) is 0 Å². The Hall–Kier alpha value is -2.13. The lowest BCUT2D eigenvalue weighted by atomic mass is 10.0. The van der Waals surface area contributed by atoms with E-state index < -0.39 is 0 Å². The maximum atomic E-state index is 4.07. The van der Waals surface area contributed by atoms with E-state index in [1.54, 1.807) is 0 Å². The summed E-state index contributed by atoms with van der Waals surface area (Å²) in [6, 6.07) is 12.9. The van der Waals surface area contributed by atoms with Crippen LogP contribution in [0.15, 0.2) is 48.8 Å². The maximum absolute atomic E-state index is 4.07. The molecule has 3 aromatic rings. The van der Waals surface area contributed by atoms with Crippen LogP contribution in [0.1, 0.15) is 29.7 Å². The predicted molar refractivity (Wildman–Crippen MR) is 94.5 cm³/mol. The number of nitrogens with one attached hydrogen (secondary N) is 1. The van der Waals surface area contributed by atoms with E-state index in [9.17, 15) is 0 Å². The molecule has 0 radical (unpaired) electrons. The third-order valence-electron chi connectivity index (χ3n) is 4.90. The topological polar surface area (TPSA) is 31.9 Å². The average Bonchev–Trinajstić information content (AvgIpc) is 2.97. The highest BCUT2D eigenvalue weighted by molar-refractivity contribution is 5.84. The van der Waals surface area contributed by atoms with Crippen LogP contribution in [-0.2, 0) is 19.4 Å². The molecule has 0 amide bonds. The van der Waals surface area contributed by atoms with Crippen molar-refractivity contribution in [1.29, 1.82) is 0 Å². The molecule has 0 fully saturated rings. The first-order valence-corrected chi connectivity index (χ1v) is 8.60. The highest BCUT2D eigenvalue weighted by Gasteiger charge is 2.19. The highest BCUT2D eigenvalue weighted by Crippen LogP contribution is 2.27. The fourth-order valence-electron chi connectivity index (χ4n) is 3.65. The summed E-state index contributed by atoms with van der Waals surface area (Å²) in [4.78, 5) is 10.3. The van der Waals surface area contributed by atoms with E-state index in [1.165, 1.54) is 60.1 Å². The Bertz CT molecular complexity index is 776. The standard InChI is InChI=1S/C20H23N3/c1-2-7-19-17(6-1)18-10-14-23(15-20(18)22-19)13-4-3-5-16-8-11-21-12-9-16/h1-2,6-9,11-12,22H,3-5,10,13-15H2. The monoisotopic (exact) mass is 305 g/mol.